The zero-order valence-electron chi connectivity index (χ0n) is 16.8. The number of hydrogen-bond donors (Lipinski definition) is 4. The van der Waals surface area contributed by atoms with Gasteiger partial charge in [0, 0.05) is 23.2 Å². The topological polar surface area (TPSA) is 158 Å². The van der Waals surface area contributed by atoms with Crippen molar-refractivity contribution in [3.63, 3.8) is 0 Å². The van der Waals surface area contributed by atoms with Crippen molar-refractivity contribution in [1.29, 1.82) is 5.41 Å². The van der Waals surface area contributed by atoms with Gasteiger partial charge in [0.1, 0.15) is 5.84 Å². The minimum atomic E-state index is -1.03. The van der Waals surface area contributed by atoms with E-state index in [9.17, 15) is 14.4 Å². The lowest BCUT2D eigenvalue weighted by Crippen LogP contribution is -2.32. The van der Waals surface area contributed by atoms with Crippen LogP contribution in [0.3, 0.4) is 0 Å². The standard InChI is InChI=1S/C22H18N6O4/c23-20(24)15-6-3-13(4-7-15)1-2-14-5-8-17-16(11-14)21(31)27(10-9-19(29)30)12-18-25-26-22(32)28(17)18/h3-8,11H,9-10,12H2,(H3,23,24)(H,26,32)(H,29,30). The number of amidine groups is 1. The molecule has 0 unspecified atom stereocenters. The molecule has 3 aromatic rings. The first-order valence-electron chi connectivity index (χ1n) is 9.62. The number of nitrogens with zero attached hydrogens (tertiary/aromatic N) is 3. The number of fused-ring (bicyclic) bond motifs is 3. The summed E-state index contributed by atoms with van der Waals surface area (Å²) >= 11 is 0. The molecule has 0 fully saturated rings. The predicted molar refractivity (Wildman–Crippen MR) is 115 cm³/mol. The first kappa shape index (κ1) is 20.6. The average Bonchev–Trinajstić information content (AvgIpc) is 3.08. The molecule has 5 N–H and O–H groups in total. The monoisotopic (exact) mass is 430 g/mol. The van der Waals surface area contributed by atoms with Crippen molar-refractivity contribution in [2.75, 3.05) is 6.54 Å². The van der Waals surface area contributed by atoms with Gasteiger partial charge in [-0.1, -0.05) is 24.0 Å². The van der Waals surface area contributed by atoms with Gasteiger partial charge in [0.2, 0.25) is 0 Å². The second-order valence-corrected chi connectivity index (χ2v) is 7.12. The summed E-state index contributed by atoms with van der Waals surface area (Å²) in [5, 5.41) is 22.8. The van der Waals surface area contributed by atoms with E-state index in [1.165, 1.54) is 9.47 Å². The number of aliphatic carboxylic acids is 1. The summed E-state index contributed by atoms with van der Waals surface area (Å²) in [4.78, 5) is 37.8. The molecule has 10 nitrogen and oxygen atoms in total. The number of carboxylic acids is 1. The van der Waals surface area contributed by atoms with Crippen molar-refractivity contribution in [2.24, 2.45) is 5.73 Å². The van der Waals surface area contributed by atoms with E-state index in [0.29, 0.717) is 28.2 Å². The van der Waals surface area contributed by atoms with E-state index in [4.69, 9.17) is 16.2 Å². The smallest absolute Gasteiger partial charge is 0.348 e. The van der Waals surface area contributed by atoms with Crippen molar-refractivity contribution in [3.8, 4) is 17.5 Å². The van der Waals surface area contributed by atoms with Gasteiger partial charge in [0.05, 0.1) is 24.2 Å². The Balaban J connectivity index is 1.73. The summed E-state index contributed by atoms with van der Waals surface area (Å²) in [6.45, 7) is -0.0178. The summed E-state index contributed by atoms with van der Waals surface area (Å²) < 4.78 is 1.31. The number of H-pyrrole nitrogens is 1. The number of amides is 1. The highest BCUT2D eigenvalue weighted by atomic mass is 16.4. The number of nitrogens with one attached hydrogen (secondary N) is 2. The Bertz CT molecular complexity index is 1360. The fraction of sp³-hybridized carbons (Fsp3) is 0.136. The first-order valence-corrected chi connectivity index (χ1v) is 9.62. The van der Waals surface area contributed by atoms with Crippen LogP contribution in [0.15, 0.2) is 47.3 Å². The number of carboxylic acid groups (broad SMARTS) is 1. The van der Waals surface area contributed by atoms with Crippen LogP contribution in [0.5, 0.6) is 0 Å². The molecule has 0 radical (unpaired) electrons. The van der Waals surface area contributed by atoms with Crippen LogP contribution in [-0.4, -0.2) is 49.0 Å². The molecular formula is C22H18N6O4. The molecule has 0 saturated heterocycles. The summed E-state index contributed by atoms with van der Waals surface area (Å²) in [6.07, 6.45) is -0.231. The number of aromatic nitrogens is 3. The molecule has 0 atom stereocenters. The van der Waals surface area contributed by atoms with Gasteiger partial charge in [-0.05, 0) is 30.3 Å². The van der Waals surface area contributed by atoms with Gasteiger partial charge in [0.25, 0.3) is 5.91 Å². The van der Waals surface area contributed by atoms with Gasteiger partial charge >= 0.3 is 11.7 Å². The lowest BCUT2D eigenvalue weighted by Gasteiger charge is -2.19. The van der Waals surface area contributed by atoms with Gasteiger partial charge in [0.15, 0.2) is 5.82 Å². The lowest BCUT2D eigenvalue weighted by atomic mass is 10.1. The Labute approximate surface area is 181 Å². The van der Waals surface area contributed by atoms with Gasteiger partial charge in [-0.15, -0.1) is 0 Å². The first-order chi connectivity index (χ1) is 15.3. The number of aromatic amines is 1. The molecule has 2 heterocycles. The minimum Gasteiger partial charge on any atom is -0.481 e. The predicted octanol–water partition coefficient (Wildman–Crippen LogP) is 0.675. The van der Waals surface area contributed by atoms with E-state index in [0.717, 1.165) is 0 Å². The Hall–Kier alpha value is -4.65. The second-order valence-electron chi connectivity index (χ2n) is 7.12. The fourth-order valence-electron chi connectivity index (χ4n) is 3.37. The SMILES string of the molecule is N=C(N)c1ccc(C#Cc2ccc3c(c2)C(=O)N(CCC(=O)O)Cc2n[nH]c(=O)n2-3)cc1. The molecule has 0 saturated carbocycles. The Morgan fingerprint density at radius 3 is 2.53 bits per heavy atom. The molecule has 0 bridgehead atoms. The molecule has 1 amide bonds. The molecule has 0 aliphatic carbocycles. The van der Waals surface area contributed by atoms with Gasteiger partial charge in [-0.3, -0.25) is 15.0 Å². The summed E-state index contributed by atoms with van der Waals surface area (Å²) in [5.41, 5.74) is 7.40. The minimum absolute atomic E-state index is 0.00302. The van der Waals surface area contributed by atoms with Crippen molar-refractivity contribution in [2.45, 2.75) is 13.0 Å². The van der Waals surface area contributed by atoms with Crippen LogP contribution in [0, 0.1) is 17.3 Å². The molecule has 1 aliphatic rings. The number of nitrogen functional groups attached to an aromatic ring is 1. The fourth-order valence-corrected chi connectivity index (χ4v) is 3.37. The molecule has 0 spiro atoms. The van der Waals surface area contributed by atoms with Crippen LogP contribution in [0.4, 0.5) is 0 Å². The van der Waals surface area contributed by atoms with E-state index in [1.54, 1.807) is 42.5 Å². The molecule has 4 rings (SSSR count). The molecule has 32 heavy (non-hydrogen) atoms. The number of rotatable bonds is 4. The van der Waals surface area contributed by atoms with Crippen LogP contribution in [0.2, 0.25) is 0 Å². The van der Waals surface area contributed by atoms with E-state index >= 15 is 0 Å². The highest BCUT2D eigenvalue weighted by Gasteiger charge is 2.28. The van der Waals surface area contributed by atoms with Crippen LogP contribution >= 0.6 is 0 Å². The second kappa shape index (κ2) is 8.23. The van der Waals surface area contributed by atoms with Gasteiger partial charge < -0.3 is 15.7 Å². The Kier molecular flexibility index (Phi) is 5.30. The average molecular weight is 430 g/mol. The molecule has 10 heteroatoms. The Morgan fingerprint density at radius 1 is 1.16 bits per heavy atom. The molecule has 160 valence electrons. The Morgan fingerprint density at radius 2 is 1.84 bits per heavy atom. The zero-order chi connectivity index (χ0) is 22.8. The van der Waals surface area contributed by atoms with Crippen molar-refractivity contribution in [3.05, 3.63) is 81.0 Å². The maximum atomic E-state index is 13.2. The van der Waals surface area contributed by atoms with Crippen LogP contribution in [-0.2, 0) is 11.3 Å². The van der Waals surface area contributed by atoms with E-state index in [2.05, 4.69) is 22.0 Å². The maximum Gasteiger partial charge on any atom is 0.348 e. The van der Waals surface area contributed by atoms with Crippen LogP contribution in [0.25, 0.3) is 5.69 Å². The molecule has 1 aromatic heterocycles. The number of nitrogens with two attached hydrogens (primary N) is 1. The third-order valence-corrected chi connectivity index (χ3v) is 4.97. The molecule has 2 aromatic carbocycles. The summed E-state index contributed by atoms with van der Waals surface area (Å²) in [7, 11) is 0. The highest BCUT2D eigenvalue weighted by molar-refractivity contribution is 5.99. The number of carbonyl (C=O) groups is 2. The van der Waals surface area contributed by atoms with E-state index in [1.807, 2.05) is 0 Å². The van der Waals surface area contributed by atoms with E-state index in [-0.39, 0.29) is 30.9 Å². The third-order valence-electron chi connectivity index (χ3n) is 4.97. The summed E-state index contributed by atoms with van der Waals surface area (Å²) in [6, 6.07) is 11.8. The summed E-state index contributed by atoms with van der Waals surface area (Å²) in [5.74, 6) is 4.83. The van der Waals surface area contributed by atoms with Gasteiger partial charge in [-0.2, -0.15) is 5.10 Å². The number of hydrogen-bond acceptors (Lipinski definition) is 5. The highest BCUT2D eigenvalue weighted by Crippen LogP contribution is 2.23. The van der Waals surface area contributed by atoms with Crippen molar-refractivity contribution in [1.82, 2.24) is 19.7 Å². The zero-order valence-corrected chi connectivity index (χ0v) is 16.8. The molecule has 1 aliphatic heterocycles. The van der Waals surface area contributed by atoms with Crippen LogP contribution < -0.4 is 11.4 Å². The lowest BCUT2D eigenvalue weighted by molar-refractivity contribution is -0.137. The largest absolute Gasteiger partial charge is 0.481 e. The molecular weight excluding hydrogens is 412 g/mol. The van der Waals surface area contributed by atoms with Crippen molar-refractivity contribution >= 4 is 17.7 Å². The quantitative estimate of drug-likeness (QED) is 0.271. The van der Waals surface area contributed by atoms with Crippen molar-refractivity contribution < 1.29 is 14.7 Å². The number of carbonyl (C=O) groups excluding carboxylic acids is 1. The maximum absolute atomic E-state index is 13.2. The number of benzene rings is 2. The van der Waals surface area contributed by atoms with Crippen LogP contribution in [0.1, 0.15) is 39.3 Å². The normalized spacial score (nSPS) is 12.2. The van der Waals surface area contributed by atoms with E-state index < -0.39 is 17.6 Å². The van der Waals surface area contributed by atoms with Gasteiger partial charge in [-0.25, -0.2) is 14.5 Å². The third kappa shape index (κ3) is 3.99.